The van der Waals surface area contributed by atoms with Gasteiger partial charge in [0.15, 0.2) is 5.69 Å². The third-order valence-corrected chi connectivity index (χ3v) is 5.61. The quantitative estimate of drug-likeness (QED) is 0.435. The average molecular weight is 447 g/mol. The van der Waals surface area contributed by atoms with Gasteiger partial charge in [0, 0.05) is 23.3 Å². The number of hydrogen-bond donors (Lipinski definition) is 0. The van der Waals surface area contributed by atoms with E-state index in [9.17, 15) is 9.59 Å². The van der Waals surface area contributed by atoms with Crippen LogP contribution in [0.3, 0.4) is 0 Å². The van der Waals surface area contributed by atoms with E-state index >= 15 is 0 Å². The molecule has 5 rings (SSSR count). The number of carbonyl (C=O) groups is 1. The number of allylic oxidation sites excluding steroid dienone is 1. The summed E-state index contributed by atoms with van der Waals surface area (Å²) in [6.07, 6.45) is 4.26. The maximum absolute atomic E-state index is 12.9. The number of para-hydroxylation sites is 1. The Morgan fingerprint density at radius 1 is 1.22 bits per heavy atom. The van der Waals surface area contributed by atoms with Gasteiger partial charge in [-0.05, 0) is 55.3 Å². The molecule has 0 saturated heterocycles. The number of esters is 1. The Hall–Kier alpha value is -3.71. The average Bonchev–Trinajstić information content (AvgIpc) is 3.40. The summed E-state index contributed by atoms with van der Waals surface area (Å²) in [5, 5.41) is 5.52. The predicted octanol–water partition coefficient (Wildman–Crippen LogP) is 4.36. The first kappa shape index (κ1) is 20.2. The highest BCUT2D eigenvalue weighted by atomic mass is 35.5. The molecular weight excluding hydrogens is 428 g/mol. The van der Waals surface area contributed by atoms with Crippen molar-refractivity contribution in [1.82, 2.24) is 19.3 Å². The second-order valence-electron chi connectivity index (χ2n) is 7.41. The molecule has 0 spiro atoms. The lowest BCUT2D eigenvalue weighted by molar-refractivity contribution is 0.0518. The molecule has 1 aliphatic heterocycles. The van der Waals surface area contributed by atoms with E-state index in [2.05, 4.69) is 5.10 Å². The van der Waals surface area contributed by atoms with E-state index in [1.807, 2.05) is 36.4 Å². The molecule has 0 radical (unpaired) electrons. The summed E-state index contributed by atoms with van der Waals surface area (Å²) in [7, 11) is 0. The van der Waals surface area contributed by atoms with E-state index in [0.717, 1.165) is 11.3 Å². The summed E-state index contributed by atoms with van der Waals surface area (Å²) in [6, 6.07) is 14.6. The number of aromatic nitrogens is 4. The molecule has 1 aliphatic rings. The van der Waals surface area contributed by atoms with Crippen molar-refractivity contribution in [3.05, 3.63) is 87.2 Å². The van der Waals surface area contributed by atoms with Crippen molar-refractivity contribution >= 4 is 40.1 Å². The van der Waals surface area contributed by atoms with Gasteiger partial charge in [-0.1, -0.05) is 29.8 Å². The normalized spacial score (nSPS) is 14.1. The van der Waals surface area contributed by atoms with Gasteiger partial charge in [-0.3, -0.25) is 9.36 Å². The molecule has 8 heteroatoms. The van der Waals surface area contributed by atoms with Gasteiger partial charge in [-0.15, -0.1) is 0 Å². The maximum atomic E-state index is 12.9. The molecule has 0 atom stereocenters. The summed E-state index contributed by atoms with van der Waals surface area (Å²) >= 11 is 6.11. The molecule has 7 nitrogen and oxygen atoms in total. The summed E-state index contributed by atoms with van der Waals surface area (Å²) in [5.74, 6) is 0.0784. The van der Waals surface area contributed by atoms with E-state index in [0.29, 0.717) is 40.3 Å². The molecule has 3 heterocycles. The van der Waals surface area contributed by atoms with Crippen LogP contribution in [0.25, 0.3) is 28.2 Å². The van der Waals surface area contributed by atoms with Crippen LogP contribution >= 0.6 is 11.6 Å². The molecule has 0 amide bonds. The fraction of sp³-hybridized carbons (Fsp3) is 0.167. The van der Waals surface area contributed by atoms with Crippen LogP contribution < -0.4 is 5.56 Å². The molecule has 0 N–H and O–H groups in total. The zero-order valence-corrected chi connectivity index (χ0v) is 18.0. The van der Waals surface area contributed by atoms with Gasteiger partial charge >= 0.3 is 5.97 Å². The molecule has 4 aromatic rings. The van der Waals surface area contributed by atoms with E-state index in [1.165, 1.54) is 0 Å². The van der Waals surface area contributed by atoms with Crippen molar-refractivity contribution in [2.24, 2.45) is 0 Å². The maximum Gasteiger partial charge on any atom is 0.359 e. The molecule has 0 unspecified atom stereocenters. The molecule has 32 heavy (non-hydrogen) atoms. The Morgan fingerprint density at radius 2 is 2.03 bits per heavy atom. The topological polar surface area (TPSA) is 79.0 Å². The lowest BCUT2D eigenvalue weighted by Gasteiger charge is -2.06. The van der Waals surface area contributed by atoms with Crippen LogP contribution in [0.15, 0.2) is 59.5 Å². The second kappa shape index (κ2) is 8.09. The van der Waals surface area contributed by atoms with E-state index < -0.39 is 5.97 Å². The molecule has 160 valence electrons. The number of carbonyl (C=O) groups excluding carboxylic acids is 1. The van der Waals surface area contributed by atoms with Gasteiger partial charge in [-0.2, -0.15) is 5.10 Å². The number of hydrogen-bond acceptors (Lipinski definition) is 5. The highest BCUT2D eigenvalue weighted by molar-refractivity contribution is 6.31. The first-order valence-corrected chi connectivity index (χ1v) is 10.7. The van der Waals surface area contributed by atoms with Gasteiger partial charge < -0.3 is 4.74 Å². The minimum atomic E-state index is -0.498. The number of fused-ring (bicyclic) bond motifs is 2. The fourth-order valence-electron chi connectivity index (χ4n) is 3.88. The van der Waals surface area contributed by atoms with Crippen LogP contribution in [0.5, 0.6) is 0 Å². The van der Waals surface area contributed by atoms with E-state index in [-0.39, 0.29) is 17.9 Å². The molecule has 0 bridgehead atoms. The number of rotatable bonds is 4. The van der Waals surface area contributed by atoms with Crippen LogP contribution in [-0.2, 0) is 11.3 Å². The summed E-state index contributed by atoms with van der Waals surface area (Å²) in [4.78, 5) is 30.2. The third kappa shape index (κ3) is 3.50. The SMILES string of the molecule is CCOC(=O)c1nn(-c2ccccc2)cc1/C=C1/CCn2c1nc1cc(Cl)ccc1c2=O. The number of nitrogens with zero attached hydrogens (tertiary/aromatic N) is 4. The lowest BCUT2D eigenvalue weighted by Crippen LogP contribution is -2.20. The minimum Gasteiger partial charge on any atom is -0.461 e. The largest absolute Gasteiger partial charge is 0.461 e. The molecule has 0 fully saturated rings. The van der Waals surface area contributed by atoms with Crippen molar-refractivity contribution in [3.63, 3.8) is 0 Å². The van der Waals surface area contributed by atoms with E-state index in [1.54, 1.807) is 40.6 Å². The van der Waals surface area contributed by atoms with Gasteiger partial charge in [0.25, 0.3) is 5.56 Å². The molecule has 0 aliphatic carbocycles. The highest BCUT2D eigenvalue weighted by Gasteiger charge is 2.24. The third-order valence-electron chi connectivity index (χ3n) is 5.37. The minimum absolute atomic E-state index is 0.101. The Balaban J connectivity index is 1.65. The molecular formula is C24H19ClN4O3. The van der Waals surface area contributed by atoms with Crippen LogP contribution in [0.1, 0.15) is 35.2 Å². The van der Waals surface area contributed by atoms with E-state index in [4.69, 9.17) is 21.3 Å². The summed E-state index contributed by atoms with van der Waals surface area (Å²) in [6.45, 7) is 2.52. The van der Waals surface area contributed by atoms with Crippen LogP contribution in [0.4, 0.5) is 0 Å². The number of ether oxygens (including phenoxy) is 1. The van der Waals surface area contributed by atoms with Crippen molar-refractivity contribution in [1.29, 1.82) is 0 Å². The van der Waals surface area contributed by atoms with Crippen molar-refractivity contribution in [2.45, 2.75) is 19.9 Å². The monoisotopic (exact) mass is 446 g/mol. The second-order valence-corrected chi connectivity index (χ2v) is 7.84. The van der Waals surface area contributed by atoms with Crippen molar-refractivity contribution < 1.29 is 9.53 Å². The Bertz CT molecular complexity index is 1440. The Morgan fingerprint density at radius 3 is 2.81 bits per heavy atom. The zero-order chi connectivity index (χ0) is 22.2. The molecule has 2 aromatic heterocycles. The summed E-state index contributed by atoms with van der Waals surface area (Å²) < 4.78 is 8.52. The predicted molar refractivity (Wildman–Crippen MR) is 123 cm³/mol. The van der Waals surface area contributed by atoms with Crippen LogP contribution in [0.2, 0.25) is 5.02 Å². The summed E-state index contributed by atoms with van der Waals surface area (Å²) in [5.41, 5.74) is 2.94. The Labute approximate surface area is 188 Å². The smallest absolute Gasteiger partial charge is 0.359 e. The zero-order valence-electron chi connectivity index (χ0n) is 17.3. The number of halogens is 1. The first-order chi connectivity index (χ1) is 15.5. The van der Waals surface area contributed by atoms with Crippen LogP contribution in [0, 0.1) is 0 Å². The Kier molecular flexibility index (Phi) is 5.11. The first-order valence-electron chi connectivity index (χ1n) is 10.3. The standard InChI is InChI=1S/C24H19ClN4O3/c1-2-32-24(31)21-16(14-29(27-21)18-6-4-3-5-7-18)12-15-10-11-28-22(15)26-20-13-17(25)8-9-19(20)23(28)30/h3-9,12-14H,2,10-11H2,1H3/b15-12-. The molecule has 2 aromatic carbocycles. The van der Waals surface area contributed by atoms with Gasteiger partial charge in [-0.25, -0.2) is 14.5 Å². The lowest BCUT2D eigenvalue weighted by atomic mass is 10.1. The van der Waals surface area contributed by atoms with Gasteiger partial charge in [0.1, 0.15) is 5.82 Å². The van der Waals surface area contributed by atoms with Crippen molar-refractivity contribution in [3.8, 4) is 5.69 Å². The highest BCUT2D eigenvalue weighted by Crippen LogP contribution is 2.29. The van der Waals surface area contributed by atoms with Crippen LogP contribution in [-0.4, -0.2) is 31.9 Å². The van der Waals surface area contributed by atoms with Gasteiger partial charge in [0.2, 0.25) is 0 Å². The van der Waals surface area contributed by atoms with Gasteiger partial charge in [0.05, 0.1) is 23.2 Å². The van der Waals surface area contributed by atoms with Crippen molar-refractivity contribution in [2.75, 3.05) is 6.61 Å². The molecule has 0 saturated carbocycles. The number of benzene rings is 2. The fourth-order valence-corrected chi connectivity index (χ4v) is 4.05.